The Kier molecular flexibility index (Phi) is 8.37. The SMILES string of the molecule is Cc1nnc2n1-c1sc(C#Cc3ccc(CCc4cccc5c4C(=O)N(C4CCC(=O)NC4=O)C5=O)nc3)c(Cc3ccccc3)c1CO[C@H]2C. The number of nitrogens with zero attached hydrogens (tertiary/aromatic N) is 5. The van der Waals surface area contributed by atoms with E-state index in [1.165, 1.54) is 5.56 Å². The molecule has 2 atom stereocenters. The number of fused-ring (bicyclic) bond motifs is 4. The van der Waals surface area contributed by atoms with Gasteiger partial charge in [-0.2, -0.15) is 0 Å². The predicted molar refractivity (Wildman–Crippen MR) is 187 cm³/mol. The quantitative estimate of drug-likeness (QED) is 0.198. The minimum atomic E-state index is -1.00. The van der Waals surface area contributed by atoms with Crippen molar-refractivity contribution in [3.05, 3.63) is 128 Å². The van der Waals surface area contributed by atoms with Crippen LogP contribution in [0.3, 0.4) is 0 Å². The Morgan fingerprint density at radius 3 is 2.59 bits per heavy atom. The van der Waals surface area contributed by atoms with Gasteiger partial charge in [-0.15, -0.1) is 21.5 Å². The number of pyridine rings is 1. The molecule has 4 amide bonds. The van der Waals surface area contributed by atoms with Crippen molar-refractivity contribution >= 4 is 35.0 Å². The summed E-state index contributed by atoms with van der Waals surface area (Å²) in [6, 6.07) is 18.4. The van der Waals surface area contributed by atoms with Crippen LogP contribution in [0.5, 0.6) is 0 Å². The second kappa shape index (κ2) is 13.2. The summed E-state index contributed by atoms with van der Waals surface area (Å²) < 4.78 is 8.32. The third-order valence-corrected chi connectivity index (χ3v) is 10.7. The van der Waals surface area contributed by atoms with Gasteiger partial charge in [-0.05, 0) is 74.4 Å². The Bertz CT molecular complexity index is 2300. The number of hydrogen-bond donors (Lipinski definition) is 1. The molecule has 6 heterocycles. The zero-order valence-electron chi connectivity index (χ0n) is 27.9. The topological polar surface area (TPSA) is 136 Å². The summed E-state index contributed by atoms with van der Waals surface area (Å²) in [5.41, 5.74) is 6.28. The van der Waals surface area contributed by atoms with Gasteiger partial charge in [0.15, 0.2) is 5.82 Å². The molecule has 11 nitrogen and oxygen atoms in total. The Hall–Kier alpha value is -5.77. The molecule has 0 spiro atoms. The number of aryl methyl sites for hydroxylation is 3. The molecular weight excluding hydrogens is 665 g/mol. The Morgan fingerprint density at radius 1 is 0.961 bits per heavy atom. The van der Waals surface area contributed by atoms with E-state index in [2.05, 4.69) is 49.0 Å². The first kappa shape index (κ1) is 32.4. The minimum absolute atomic E-state index is 0.0744. The third-order valence-electron chi connectivity index (χ3n) is 9.56. The fraction of sp³-hybridized carbons (Fsp3) is 0.256. The van der Waals surface area contributed by atoms with Crippen LogP contribution in [0.1, 0.15) is 96.6 Å². The van der Waals surface area contributed by atoms with Crippen LogP contribution in [0.15, 0.2) is 66.9 Å². The van der Waals surface area contributed by atoms with Crippen LogP contribution in [0.25, 0.3) is 5.00 Å². The molecule has 3 aliphatic heterocycles. The summed E-state index contributed by atoms with van der Waals surface area (Å²) in [5.74, 6) is 6.28. The first-order chi connectivity index (χ1) is 24.8. The number of rotatable bonds is 6. The lowest BCUT2D eigenvalue weighted by Gasteiger charge is -2.27. The molecule has 1 saturated heterocycles. The number of amides is 4. The van der Waals surface area contributed by atoms with Gasteiger partial charge in [0.1, 0.15) is 23.0 Å². The number of benzene rings is 2. The molecule has 51 heavy (non-hydrogen) atoms. The second-order valence-electron chi connectivity index (χ2n) is 12.8. The van der Waals surface area contributed by atoms with Crippen LogP contribution in [0.2, 0.25) is 0 Å². The van der Waals surface area contributed by atoms with Crippen molar-refractivity contribution in [1.29, 1.82) is 0 Å². The van der Waals surface area contributed by atoms with Gasteiger partial charge in [0, 0.05) is 29.4 Å². The van der Waals surface area contributed by atoms with Gasteiger partial charge in [-0.25, -0.2) is 0 Å². The van der Waals surface area contributed by atoms with Crippen molar-refractivity contribution in [3.8, 4) is 16.8 Å². The fourth-order valence-electron chi connectivity index (χ4n) is 6.91. The van der Waals surface area contributed by atoms with Crippen molar-refractivity contribution in [2.24, 2.45) is 0 Å². The summed E-state index contributed by atoms with van der Waals surface area (Å²) in [5, 5.41) is 12.0. The number of hydrogen-bond acceptors (Lipinski definition) is 9. The number of imide groups is 2. The van der Waals surface area contributed by atoms with Crippen LogP contribution in [-0.2, 0) is 40.2 Å². The predicted octanol–water partition coefficient (Wildman–Crippen LogP) is 4.80. The minimum Gasteiger partial charge on any atom is -0.366 e. The number of piperidine rings is 1. The average Bonchev–Trinajstić information content (AvgIpc) is 3.73. The summed E-state index contributed by atoms with van der Waals surface area (Å²) in [6.45, 7) is 4.40. The van der Waals surface area contributed by atoms with Gasteiger partial charge in [-0.3, -0.25) is 38.9 Å². The number of aromatic nitrogens is 4. The van der Waals surface area contributed by atoms with E-state index in [9.17, 15) is 19.2 Å². The molecule has 0 bridgehead atoms. The summed E-state index contributed by atoms with van der Waals surface area (Å²) in [7, 11) is 0. The lowest BCUT2D eigenvalue weighted by molar-refractivity contribution is -0.136. The zero-order valence-corrected chi connectivity index (χ0v) is 28.8. The molecule has 8 rings (SSSR count). The van der Waals surface area contributed by atoms with E-state index < -0.39 is 29.7 Å². The van der Waals surface area contributed by atoms with Crippen molar-refractivity contribution in [3.63, 3.8) is 0 Å². The third kappa shape index (κ3) is 5.94. The van der Waals surface area contributed by atoms with Gasteiger partial charge < -0.3 is 4.74 Å². The van der Waals surface area contributed by atoms with Crippen molar-refractivity contribution < 1.29 is 23.9 Å². The molecule has 3 aromatic heterocycles. The molecule has 254 valence electrons. The maximum absolute atomic E-state index is 13.5. The molecule has 0 saturated carbocycles. The van der Waals surface area contributed by atoms with Crippen LogP contribution in [0.4, 0.5) is 0 Å². The summed E-state index contributed by atoms with van der Waals surface area (Å²) in [4.78, 5) is 57.4. The fourth-order valence-corrected chi connectivity index (χ4v) is 8.15. The number of ether oxygens (including phenoxy) is 1. The van der Waals surface area contributed by atoms with Crippen LogP contribution in [0, 0.1) is 18.8 Å². The van der Waals surface area contributed by atoms with E-state index in [0.717, 1.165) is 48.8 Å². The van der Waals surface area contributed by atoms with Gasteiger partial charge in [0.2, 0.25) is 11.8 Å². The molecule has 1 N–H and O–H groups in total. The molecule has 0 aliphatic carbocycles. The zero-order chi connectivity index (χ0) is 35.2. The first-order valence-electron chi connectivity index (χ1n) is 16.8. The van der Waals surface area contributed by atoms with Gasteiger partial charge in [0.25, 0.3) is 11.8 Å². The lowest BCUT2D eigenvalue weighted by Crippen LogP contribution is -2.54. The molecule has 2 aromatic carbocycles. The summed E-state index contributed by atoms with van der Waals surface area (Å²) in [6.07, 6.45) is 3.47. The maximum atomic E-state index is 13.5. The molecule has 3 aliphatic rings. The Morgan fingerprint density at radius 2 is 1.80 bits per heavy atom. The number of thiophene rings is 1. The van der Waals surface area contributed by atoms with E-state index >= 15 is 0 Å². The number of nitrogens with one attached hydrogen (secondary N) is 1. The van der Waals surface area contributed by atoms with E-state index in [0.29, 0.717) is 37.0 Å². The van der Waals surface area contributed by atoms with Gasteiger partial charge in [0.05, 0.1) is 22.6 Å². The highest BCUT2D eigenvalue weighted by Crippen LogP contribution is 2.39. The smallest absolute Gasteiger partial charge is 0.262 e. The van der Waals surface area contributed by atoms with E-state index in [1.54, 1.807) is 29.7 Å². The van der Waals surface area contributed by atoms with Crippen molar-refractivity contribution in [1.82, 2.24) is 30.0 Å². The highest BCUT2D eigenvalue weighted by molar-refractivity contribution is 7.15. The van der Waals surface area contributed by atoms with Gasteiger partial charge in [-0.1, -0.05) is 54.3 Å². The molecule has 1 fully saturated rings. The normalized spacial score (nSPS) is 18.0. The second-order valence-corrected chi connectivity index (χ2v) is 13.8. The van der Waals surface area contributed by atoms with Crippen molar-refractivity contribution in [2.75, 3.05) is 0 Å². The monoisotopic (exact) mass is 696 g/mol. The lowest BCUT2D eigenvalue weighted by atomic mass is 9.98. The van der Waals surface area contributed by atoms with E-state index in [1.807, 2.05) is 50.2 Å². The largest absolute Gasteiger partial charge is 0.366 e. The summed E-state index contributed by atoms with van der Waals surface area (Å²) >= 11 is 1.62. The molecule has 1 unspecified atom stereocenters. The van der Waals surface area contributed by atoms with Crippen molar-refractivity contribution in [2.45, 2.75) is 64.7 Å². The average molecular weight is 697 g/mol. The molecule has 5 aromatic rings. The highest BCUT2D eigenvalue weighted by atomic mass is 32.1. The number of carbonyl (C=O) groups excluding carboxylic acids is 4. The molecule has 0 radical (unpaired) electrons. The standard InChI is InChI=1S/C39H32N6O5S/c1-22-35-43-42-23(2)44(35)39-30(21-50-22)29(19-24-7-4-3-5-8-24)32(51-39)17-12-25-11-14-27(40-20-25)15-13-26-9-6-10-28-34(26)38(49)45(37(28)48)31-16-18-33(46)41-36(31)47/h3-11,14,20,22,31H,13,15-16,18-19,21H2,1-2H3,(H,41,46,47)/t22-,31?/m0/s1. The maximum Gasteiger partial charge on any atom is 0.262 e. The number of carbonyl (C=O) groups is 4. The molecule has 12 heteroatoms. The first-order valence-corrected chi connectivity index (χ1v) is 17.6. The molecular formula is C39H32N6O5S. The van der Waals surface area contributed by atoms with Crippen LogP contribution in [-0.4, -0.2) is 54.3 Å². The van der Waals surface area contributed by atoms with Gasteiger partial charge >= 0.3 is 0 Å². The van der Waals surface area contributed by atoms with Crippen LogP contribution < -0.4 is 5.32 Å². The van der Waals surface area contributed by atoms with E-state index in [4.69, 9.17) is 4.74 Å². The van der Waals surface area contributed by atoms with Crippen LogP contribution >= 0.6 is 11.3 Å². The Balaban J connectivity index is 1.02. The highest BCUT2D eigenvalue weighted by Gasteiger charge is 2.45. The Labute approximate surface area is 297 Å². The van der Waals surface area contributed by atoms with E-state index in [-0.39, 0.29) is 24.5 Å².